The molecule has 1 nitrogen and oxygen atoms in total. The van der Waals surface area contributed by atoms with Crippen molar-refractivity contribution in [2.24, 2.45) is 0 Å². The number of carbonyl (C=O) groups excluding carboxylic acids is 1. The van der Waals surface area contributed by atoms with Crippen molar-refractivity contribution in [2.75, 3.05) is 0 Å². The summed E-state index contributed by atoms with van der Waals surface area (Å²) in [5.41, 5.74) is 0.815. The molecule has 0 aliphatic heterocycles. The van der Waals surface area contributed by atoms with Gasteiger partial charge in [-0.3, -0.25) is 4.79 Å². The second-order valence-electron chi connectivity index (χ2n) is 3.11. The fraction of sp³-hybridized carbons (Fsp3) is 0.364. The summed E-state index contributed by atoms with van der Waals surface area (Å²) in [6.45, 7) is 2.05. The normalized spacial score (nSPS) is 12.5. The molecule has 1 aromatic carbocycles. The molecule has 0 saturated heterocycles. The summed E-state index contributed by atoms with van der Waals surface area (Å²) in [6.07, 6.45) is 1.52. The van der Waals surface area contributed by atoms with Gasteiger partial charge in [-0.25, -0.2) is 0 Å². The summed E-state index contributed by atoms with van der Waals surface area (Å²) in [5, 5.41) is 0. The highest BCUT2D eigenvalue weighted by molar-refractivity contribution is 9.09. The Balaban J connectivity index is 2.50. The van der Waals surface area contributed by atoms with Crippen molar-refractivity contribution in [1.29, 1.82) is 0 Å². The summed E-state index contributed by atoms with van der Waals surface area (Å²) < 4.78 is 0. The summed E-state index contributed by atoms with van der Waals surface area (Å²) >= 11 is 3.42. The van der Waals surface area contributed by atoms with E-state index >= 15 is 0 Å². The first-order valence-corrected chi connectivity index (χ1v) is 5.34. The summed E-state index contributed by atoms with van der Waals surface area (Å²) in [4.78, 5) is 11.9. The van der Waals surface area contributed by atoms with Crippen LogP contribution in [-0.4, -0.2) is 10.6 Å². The Morgan fingerprint density at radius 3 is 2.54 bits per heavy atom. The number of benzene rings is 1. The number of hydrogen-bond acceptors (Lipinski definition) is 1. The van der Waals surface area contributed by atoms with Gasteiger partial charge in [-0.15, -0.1) is 0 Å². The molecule has 0 saturated carbocycles. The zero-order valence-electron chi connectivity index (χ0n) is 7.66. The topological polar surface area (TPSA) is 17.1 Å². The minimum absolute atomic E-state index is 0.229. The lowest BCUT2D eigenvalue weighted by atomic mass is 10.1. The van der Waals surface area contributed by atoms with E-state index in [-0.39, 0.29) is 5.78 Å². The monoisotopic (exact) mass is 240 g/mol. The first-order valence-electron chi connectivity index (χ1n) is 4.42. The second-order valence-corrected chi connectivity index (χ2v) is 4.67. The molecule has 0 aromatic heterocycles. The minimum atomic E-state index is 0.229. The highest BCUT2D eigenvalue weighted by Crippen LogP contribution is 2.10. The average molecular weight is 241 g/mol. The van der Waals surface area contributed by atoms with Crippen molar-refractivity contribution in [3.8, 4) is 0 Å². The van der Waals surface area contributed by atoms with Gasteiger partial charge in [0.05, 0.1) is 0 Å². The molecule has 0 amide bonds. The van der Waals surface area contributed by atoms with Gasteiger partial charge >= 0.3 is 0 Å². The molecule has 13 heavy (non-hydrogen) atoms. The van der Waals surface area contributed by atoms with Gasteiger partial charge in [-0.05, 0) is 6.42 Å². The highest BCUT2D eigenvalue weighted by atomic mass is 79.9. The minimum Gasteiger partial charge on any atom is -0.294 e. The maximum atomic E-state index is 11.5. The lowest BCUT2D eigenvalue weighted by molar-refractivity contribution is 0.0980. The van der Waals surface area contributed by atoms with Crippen LogP contribution >= 0.6 is 15.9 Å². The van der Waals surface area contributed by atoms with Crippen LogP contribution in [0.15, 0.2) is 30.3 Å². The number of ketones is 1. The van der Waals surface area contributed by atoms with Crippen LogP contribution < -0.4 is 0 Å². The van der Waals surface area contributed by atoms with Crippen molar-refractivity contribution in [3.05, 3.63) is 35.9 Å². The molecule has 0 N–H and O–H groups in total. The Kier molecular flexibility index (Phi) is 4.16. The van der Waals surface area contributed by atoms with E-state index in [1.807, 2.05) is 30.3 Å². The summed E-state index contributed by atoms with van der Waals surface area (Å²) in [7, 11) is 0. The predicted molar refractivity (Wildman–Crippen MR) is 58.4 cm³/mol. The summed E-state index contributed by atoms with van der Waals surface area (Å²) in [6, 6.07) is 9.43. The van der Waals surface area contributed by atoms with Gasteiger partial charge in [0.15, 0.2) is 5.78 Å². The van der Waals surface area contributed by atoms with E-state index in [9.17, 15) is 4.79 Å². The van der Waals surface area contributed by atoms with E-state index in [0.717, 1.165) is 12.0 Å². The van der Waals surface area contributed by atoms with E-state index in [4.69, 9.17) is 0 Å². The SMILES string of the molecule is C[C@H](Br)CCC(=O)c1ccccc1. The predicted octanol–water partition coefficient (Wildman–Crippen LogP) is 3.43. The summed E-state index contributed by atoms with van der Waals surface area (Å²) in [5.74, 6) is 0.229. The van der Waals surface area contributed by atoms with Gasteiger partial charge in [0.1, 0.15) is 0 Å². The number of carbonyl (C=O) groups is 1. The lowest BCUT2D eigenvalue weighted by Crippen LogP contribution is -2.01. The van der Waals surface area contributed by atoms with Gasteiger partial charge in [0, 0.05) is 16.8 Å². The van der Waals surface area contributed by atoms with Crippen molar-refractivity contribution < 1.29 is 4.79 Å². The Morgan fingerprint density at radius 2 is 2.00 bits per heavy atom. The van der Waals surface area contributed by atoms with Crippen LogP contribution in [0, 0.1) is 0 Å². The van der Waals surface area contributed by atoms with Gasteiger partial charge in [-0.2, -0.15) is 0 Å². The fourth-order valence-corrected chi connectivity index (χ4v) is 1.33. The van der Waals surface area contributed by atoms with Crippen molar-refractivity contribution in [3.63, 3.8) is 0 Å². The molecule has 0 bridgehead atoms. The quantitative estimate of drug-likeness (QED) is 0.583. The van der Waals surface area contributed by atoms with Crippen LogP contribution in [0.3, 0.4) is 0 Å². The number of Topliss-reactive ketones (excluding diaryl/α,β-unsaturated/α-hetero) is 1. The van der Waals surface area contributed by atoms with Crippen molar-refractivity contribution in [1.82, 2.24) is 0 Å². The zero-order chi connectivity index (χ0) is 9.68. The average Bonchev–Trinajstić information content (AvgIpc) is 2.15. The Hall–Kier alpha value is -0.630. The van der Waals surface area contributed by atoms with E-state index < -0.39 is 0 Å². The van der Waals surface area contributed by atoms with Crippen LogP contribution in [0.2, 0.25) is 0 Å². The first kappa shape index (κ1) is 10.5. The number of halogens is 1. The third kappa shape index (κ3) is 3.73. The largest absolute Gasteiger partial charge is 0.294 e. The van der Waals surface area contributed by atoms with Crippen molar-refractivity contribution >= 4 is 21.7 Å². The Labute approximate surface area is 87.3 Å². The number of hydrogen-bond donors (Lipinski definition) is 0. The van der Waals surface area contributed by atoms with Gasteiger partial charge in [-0.1, -0.05) is 53.2 Å². The highest BCUT2D eigenvalue weighted by Gasteiger charge is 2.05. The molecule has 1 rings (SSSR count). The molecule has 0 radical (unpaired) electrons. The van der Waals surface area contributed by atoms with Crippen LogP contribution in [0.4, 0.5) is 0 Å². The molecule has 0 fully saturated rings. The third-order valence-corrected chi connectivity index (χ3v) is 2.32. The van der Waals surface area contributed by atoms with Crippen LogP contribution in [-0.2, 0) is 0 Å². The molecular formula is C11H13BrO. The first-order chi connectivity index (χ1) is 6.20. The van der Waals surface area contributed by atoms with E-state index in [1.54, 1.807) is 0 Å². The Bertz CT molecular complexity index is 267. The van der Waals surface area contributed by atoms with E-state index in [2.05, 4.69) is 22.9 Å². The molecular weight excluding hydrogens is 228 g/mol. The molecule has 0 spiro atoms. The molecule has 0 aliphatic carbocycles. The molecule has 0 unspecified atom stereocenters. The number of alkyl halides is 1. The van der Waals surface area contributed by atoms with Gasteiger partial charge < -0.3 is 0 Å². The fourth-order valence-electron chi connectivity index (χ4n) is 1.10. The zero-order valence-corrected chi connectivity index (χ0v) is 9.25. The number of rotatable bonds is 4. The van der Waals surface area contributed by atoms with Crippen molar-refractivity contribution in [2.45, 2.75) is 24.6 Å². The van der Waals surface area contributed by atoms with Gasteiger partial charge in [0.2, 0.25) is 0 Å². The lowest BCUT2D eigenvalue weighted by Gasteiger charge is -2.02. The standard InChI is InChI=1S/C11H13BrO/c1-9(12)7-8-11(13)10-5-3-2-4-6-10/h2-6,9H,7-8H2,1H3/t9-/m0/s1. The molecule has 2 heteroatoms. The van der Waals surface area contributed by atoms with Crippen LogP contribution in [0.25, 0.3) is 0 Å². The van der Waals surface area contributed by atoms with E-state index in [0.29, 0.717) is 11.2 Å². The van der Waals surface area contributed by atoms with E-state index in [1.165, 1.54) is 0 Å². The Morgan fingerprint density at radius 1 is 1.38 bits per heavy atom. The van der Waals surface area contributed by atoms with Gasteiger partial charge in [0.25, 0.3) is 0 Å². The maximum absolute atomic E-state index is 11.5. The van der Waals surface area contributed by atoms with Crippen LogP contribution in [0.1, 0.15) is 30.1 Å². The molecule has 0 aliphatic rings. The van der Waals surface area contributed by atoms with Crippen LogP contribution in [0.5, 0.6) is 0 Å². The third-order valence-electron chi connectivity index (χ3n) is 1.86. The molecule has 70 valence electrons. The smallest absolute Gasteiger partial charge is 0.162 e. The maximum Gasteiger partial charge on any atom is 0.162 e. The molecule has 1 atom stereocenters. The molecule has 0 heterocycles. The molecule has 1 aromatic rings. The second kappa shape index (κ2) is 5.18.